The number of hydrogen-bond acceptors (Lipinski definition) is 4. The molecule has 0 aliphatic carbocycles. The van der Waals surface area contributed by atoms with Crippen LogP contribution in [-0.4, -0.2) is 74.9 Å². The van der Waals surface area contributed by atoms with E-state index in [1.165, 1.54) is 0 Å². The van der Waals surface area contributed by atoms with Crippen molar-refractivity contribution in [3.05, 3.63) is 0 Å². The highest BCUT2D eigenvalue weighted by atomic mass is 16.5. The molecule has 2 atom stereocenters. The van der Waals surface area contributed by atoms with Crippen molar-refractivity contribution in [2.45, 2.75) is 26.0 Å². The minimum absolute atomic E-state index is 0.396. The molecular formula is C13H27N3O. The van der Waals surface area contributed by atoms with Gasteiger partial charge in [-0.3, -0.25) is 4.90 Å². The molecular weight excluding hydrogens is 214 g/mol. The summed E-state index contributed by atoms with van der Waals surface area (Å²) >= 11 is 0. The second-order valence-corrected chi connectivity index (χ2v) is 5.77. The van der Waals surface area contributed by atoms with E-state index < -0.39 is 0 Å². The summed E-state index contributed by atoms with van der Waals surface area (Å²) in [5, 5.41) is 3.50. The van der Waals surface area contributed by atoms with Crippen LogP contribution < -0.4 is 5.32 Å². The monoisotopic (exact) mass is 241 g/mol. The van der Waals surface area contributed by atoms with Gasteiger partial charge >= 0.3 is 0 Å². The highest BCUT2D eigenvalue weighted by molar-refractivity contribution is 4.85. The molecule has 0 radical (unpaired) electrons. The van der Waals surface area contributed by atoms with Gasteiger partial charge in [0.15, 0.2) is 0 Å². The maximum atomic E-state index is 5.88. The molecule has 2 rings (SSSR count). The molecule has 0 spiro atoms. The van der Waals surface area contributed by atoms with Gasteiger partial charge in [-0.1, -0.05) is 13.8 Å². The van der Waals surface area contributed by atoms with Crippen LogP contribution in [0.5, 0.6) is 0 Å². The lowest BCUT2D eigenvalue weighted by atomic mass is 10.00. The standard InChI is InChI=1S/C13H27N3O/c1-11(2)13-8-14-4-5-16(13)10-12-9-15(3)6-7-17-12/h11-14H,4-10H2,1-3H3. The number of piperazine rings is 1. The molecule has 4 nitrogen and oxygen atoms in total. The van der Waals surface area contributed by atoms with Crippen LogP contribution >= 0.6 is 0 Å². The number of nitrogens with one attached hydrogen (secondary N) is 1. The normalized spacial score (nSPS) is 33.2. The van der Waals surface area contributed by atoms with Crippen molar-refractivity contribution in [2.75, 3.05) is 52.9 Å². The van der Waals surface area contributed by atoms with Crippen molar-refractivity contribution < 1.29 is 4.74 Å². The molecule has 0 bridgehead atoms. The van der Waals surface area contributed by atoms with E-state index in [1.54, 1.807) is 0 Å². The summed E-state index contributed by atoms with van der Waals surface area (Å²) in [6.07, 6.45) is 0.396. The van der Waals surface area contributed by atoms with Crippen LogP contribution in [0.3, 0.4) is 0 Å². The third-order valence-electron chi connectivity index (χ3n) is 3.95. The van der Waals surface area contributed by atoms with E-state index in [1.807, 2.05) is 0 Å². The SMILES string of the molecule is CC(C)C1CNCCN1CC1CN(C)CCO1. The van der Waals surface area contributed by atoms with Crippen LogP contribution in [0.1, 0.15) is 13.8 Å². The first-order valence-corrected chi connectivity index (χ1v) is 6.91. The first-order valence-electron chi connectivity index (χ1n) is 6.91. The van der Waals surface area contributed by atoms with Gasteiger partial charge < -0.3 is 15.0 Å². The summed E-state index contributed by atoms with van der Waals surface area (Å²) in [6, 6.07) is 0.666. The zero-order valence-electron chi connectivity index (χ0n) is 11.5. The molecule has 0 aromatic heterocycles. The summed E-state index contributed by atoms with van der Waals surface area (Å²) in [5.74, 6) is 0.712. The molecule has 0 aromatic rings. The maximum Gasteiger partial charge on any atom is 0.0829 e. The van der Waals surface area contributed by atoms with E-state index in [2.05, 4.69) is 36.0 Å². The molecule has 17 heavy (non-hydrogen) atoms. The predicted octanol–water partition coefficient (Wildman–Crippen LogP) is 0.247. The summed E-state index contributed by atoms with van der Waals surface area (Å²) in [4.78, 5) is 4.99. The molecule has 100 valence electrons. The molecule has 0 amide bonds. The van der Waals surface area contributed by atoms with E-state index >= 15 is 0 Å². The molecule has 4 heteroatoms. The summed E-state index contributed by atoms with van der Waals surface area (Å²) in [7, 11) is 2.19. The van der Waals surface area contributed by atoms with Crippen molar-refractivity contribution in [1.82, 2.24) is 15.1 Å². The van der Waals surface area contributed by atoms with Gasteiger partial charge in [-0.05, 0) is 13.0 Å². The molecule has 2 saturated heterocycles. The Morgan fingerprint density at radius 1 is 1.35 bits per heavy atom. The van der Waals surface area contributed by atoms with Crippen molar-refractivity contribution in [1.29, 1.82) is 0 Å². The maximum absolute atomic E-state index is 5.88. The van der Waals surface area contributed by atoms with Gasteiger partial charge in [0.05, 0.1) is 12.7 Å². The first kappa shape index (κ1) is 13.3. The van der Waals surface area contributed by atoms with Crippen LogP contribution in [0.25, 0.3) is 0 Å². The van der Waals surface area contributed by atoms with Gasteiger partial charge in [-0.2, -0.15) is 0 Å². The van der Waals surface area contributed by atoms with Crippen LogP contribution in [0.4, 0.5) is 0 Å². The topological polar surface area (TPSA) is 27.7 Å². The zero-order chi connectivity index (χ0) is 12.3. The number of likely N-dealkylation sites (N-methyl/N-ethyl adjacent to an activating group) is 1. The lowest BCUT2D eigenvalue weighted by Crippen LogP contribution is -2.57. The van der Waals surface area contributed by atoms with Gasteiger partial charge in [-0.25, -0.2) is 0 Å². The van der Waals surface area contributed by atoms with Gasteiger partial charge in [0.1, 0.15) is 0 Å². The average Bonchev–Trinajstić information content (AvgIpc) is 2.29. The van der Waals surface area contributed by atoms with E-state index in [0.717, 1.165) is 45.9 Å². The van der Waals surface area contributed by atoms with Crippen molar-refractivity contribution >= 4 is 0 Å². The van der Waals surface area contributed by atoms with Crippen LogP contribution in [0.15, 0.2) is 0 Å². The first-order chi connectivity index (χ1) is 8.16. The summed E-state index contributed by atoms with van der Waals surface area (Å²) < 4.78 is 5.88. The van der Waals surface area contributed by atoms with Gasteiger partial charge in [0.2, 0.25) is 0 Å². The summed E-state index contributed by atoms with van der Waals surface area (Å²) in [5.41, 5.74) is 0. The Morgan fingerprint density at radius 3 is 2.88 bits per heavy atom. The van der Waals surface area contributed by atoms with Crippen LogP contribution in [0, 0.1) is 5.92 Å². The Morgan fingerprint density at radius 2 is 2.18 bits per heavy atom. The number of hydrogen-bond donors (Lipinski definition) is 1. The van der Waals surface area contributed by atoms with E-state index in [4.69, 9.17) is 4.74 Å². The molecule has 2 heterocycles. The van der Waals surface area contributed by atoms with Crippen molar-refractivity contribution in [2.24, 2.45) is 5.92 Å². The third-order valence-corrected chi connectivity index (χ3v) is 3.95. The van der Waals surface area contributed by atoms with Gasteiger partial charge in [-0.15, -0.1) is 0 Å². The third kappa shape index (κ3) is 3.65. The zero-order valence-corrected chi connectivity index (χ0v) is 11.5. The highest BCUT2D eigenvalue weighted by Gasteiger charge is 2.28. The van der Waals surface area contributed by atoms with Gasteiger partial charge in [0, 0.05) is 45.3 Å². The molecule has 0 aromatic carbocycles. The molecule has 2 fully saturated rings. The average molecular weight is 241 g/mol. The molecule has 2 aliphatic rings. The van der Waals surface area contributed by atoms with Crippen LogP contribution in [0.2, 0.25) is 0 Å². The highest BCUT2D eigenvalue weighted by Crippen LogP contribution is 2.15. The minimum atomic E-state index is 0.396. The largest absolute Gasteiger partial charge is 0.374 e. The van der Waals surface area contributed by atoms with Gasteiger partial charge in [0.25, 0.3) is 0 Å². The predicted molar refractivity (Wildman–Crippen MR) is 70.3 cm³/mol. The molecule has 2 aliphatic heterocycles. The lowest BCUT2D eigenvalue weighted by Gasteiger charge is -2.41. The van der Waals surface area contributed by atoms with E-state index in [-0.39, 0.29) is 0 Å². The second kappa shape index (κ2) is 6.14. The Kier molecular flexibility index (Phi) is 4.79. The Balaban J connectivity index is 1.86. The molecule has 2 unspecified atom stereocenters. The van der Waals surface area contributed by atoms with Crippen molar-refractivity contribution in [3.63, 3.8) is 0 Å². The number of ether oxygens (including phenoxy) is 1. The fourth-order valence-corrected chi connectivity index (χ4v) is 2.89. The van der Waals surface area contributed by atoms with Crippen LogP contribution in [-0.2, 0) is 4.74 Å². The van der Waals surface area contributed by atoms with Crippen molar-refractivity contribution in [3.8, 4) is 0 Å². The lowest BCUT2D eigenvalue weighted by molar-refractivity contribution is -0.0470. The number of rotatable bonds is 3. The number of morpholine rings is 1. The Hall–Kier alpha value is -0.160. The number of nitrogens with zero attached hydrogens (tertiary/aromatic N) is 2. The van der Waals surface area contributed by atoms with E-state index in [9.17, 15) is 0 Å². The smallest absolute Gasteiger partial charge is 0.0829 e. The van der Waals surface area contributed by atoms with E-state index in [0.29, 0.717) is 18.1 Å². The molecule has 0 saturated carbocycles. The minimum Gasteiger partial charge on any atom is -0.374 e. The Labute approximate surface area is 105 Å². The second-order valence-electron chi connectivity index (χ2n) is 5.77. The Bertz CT molecular complexity index is 235. The quantitative estimate of drug-likeness (QED) is 0.766. The fourth-order valence-electron chi connectivity index (χ4n) is 2.89. The fraction of sp³-hybridized carbons (Fsp3) is 1.00. The summed E-state index contributed by atoms with van der Waals surface area (Å²) in [6.45, 7) is 12.2. The molecule has 1 N–H and O–H groups in total.